The molecule has 1 N–H and O–H groups in total. The fraction of sp³-hybridized carbons (Fsp3) is 0.222. The summed E-state index contributed by atoms with van der Waals surface area (Å²) in [5, 5.41) is 4.66. The number of carbonyl (C=O) groups excluding carboxylic acids is 1. The molecule has 1 aliphatic heterocycles. The molecule has 0 saturated heterocycles. The molecule has 0 spiro atoms. The lowest BCUT2D eigenvalue weighted by atomic mass is 10.0. The number of hydrogen-bond acceptors (Lipinski definition) is 8. The zero-order valence-corrected chi connectivity index (χ0v) is 16.8. The van der Waals surface area contributed by atoms with Gasteiger partial charge >= 0.3 is 0 Å². The molecule has 11 heteroatoms. The van der Waals surface area contributed by atoms with E-state index in [-0.39, 0.29) is 22.2 Å². The number of rotatable bonds is 6. The van der Waals surface area contributed by atoms with Crippen LogP contribution in [-0.2, 0) is 16.4 Å². The number of aryl methyl sites for hydroxylation is 2. The van der Waals surface area contributed by atoms with Gasteiger partial charge in [0.2, 0.25) is 6.75 Å². The fourth-order valence-electron chi connectivity index (χ4n) is 2.39. The number of sulfonamides is 1. The number of halogens is 1. The van der Waals surface area contributed by atoms with E-state index in [1.54, 1.807) is 0 Å². The minimum absolute atomic E-state index is 0.112. The molecule has 3 heterocycles. The summed E-state index contributed by atoms with van der Waals surface area (Å²) >= 11 is 6.57. The third kappa shape index (κ3) is 3.70. The molecule has 1 aromatic carbocycles. The molecule has 4 rings (SSSR count). The van der Waals surface area contributed by atoms with E-state index < -0.39 is 62.6 Å². The van der Waals surface area contributed by atoms with Crippen molar-refractivity contribution in [2.24, 2.45) is 0 Å². The van der Waals surface area contributed by atoms with Gasteiger partial charge in [-0.15, -0.1) is 11.3 Å². The van der Waals surface area contributed by atoms with Crippen molar-refractivity contribution >= 4 is 44.6 Å². The number of ether oxygens (including phenoxy) is 2. The van der Waals surface area contributed by atoms with Gasteiger partial charge in [-0.05, 0) is 48.5 Å². The van der Waals surface area contributed by atoms with Crippen LogP contribution < -0.4 is 14.2 Å². The van der Waals surface area contributed by atoms with Crippen LogP contribution in [0.25, 0.3) is 0 Å². The van der Waals surface area contributed by atoms with Gasteiger partial charge in [0.05, 0.1) is 4.88 Å². The number of nitrogens with zero attached hydrogens (tertiary/aromatic N) is 1. The maximum absolute atomic E-state index is 13.4. The maximum atomic E-state index is 13.4. The van der Waals surface area contributed by atoms with E-state index in [0.717, 1.165) is 18.2 Å². The highest BCUT2D eigenvalue weighted by Crippen LogP contribution is 2.36. The van der Waals surface area contributed by atoms with Crippen molar-refractivity contribution < 1.29 is 36.8 Å². The van der Waals surface area contributed by atoms with Crippen molar-refractivity contribution in [1.82, 2.24) is 5.16 Å². The summed E-state index contributed by atoms with van der Waals surface area (Å²) < 4.78 is 98.2. The summed E-state index contributed by atoms with van der Waals surface area (Å²) in [6.45, 7) is -4.11. The molecule has 152 valence electrons. The Balaban J connectivity index is 1.78. The second kappa shape index (κ2) is 7.36. The summed E-state index contributed by atoms with van der Waals surface area (Å²) in [6, 6.07) is 2.79. The first kappa shape index (κ1) is 12.9. The van der Waals surface area contributed by atoms with E-state index in [9.17, 15) is 13.2 Å². The number of thiophene rings is 1. The Labute approximate surface area is 185 Å². The Kier molecular flexibility index (Phi) is 3.27. The SMILES string of the molecule is [2H]C1([2H])Oc2cc(C([2H])([2H])[2H])c(C([2H])([2H])C(=O)c3sccc3S(=O)(=O)Nc3onc(C)c3Cl)cc2O1. The van der Waals surface area contributed by atoms with Crippen molar-refractivity contribution in [3.63, 3.8) is 0 Å². The Morgan fingerprint density at radius 2 is 2.21 bits per heavy atom. The summed E-state index contributed by atoms with van der Waals surface area (Å²) in [4.78, 5) is 12.2. The van der Waals surface area contributed by atoms with E-state index >= 15 is 0 Å². The first-order valence-corrected chi connectivity index (χ1v) is 10.5. The number of Topliss-reactive ketones (excluding diaryl/α,β-unsaturated/α-hetero) is 1. The van der Waals surface area contributed by atoms with E-state index in [1.807, 2.05) is 4.72 Å². The highest BCUT2D eigenvalue weighted by molar-refractivity contribution is 7.93. The average molecular weight is 462 g/mol. The molecule has 2 aromatic heterocycles. The minimum atomic E-state index is -4.51. The highest BCUT2D eigenvalue weighted by Gasteiger charge is 2.27. The maximum Gasteiger partial charge on any atom is 0.265 e. The van der Waals surface area contributed by atoms with Crippen molar-refractivity contribution in [2.45, 2.75) is 25.0 Å². The first-order chi connectivity index (χ1) is 16.4. The number of nitrogens with one attached hydrogen (secondary N) is 1. The van der Waals surface area contributed by atoms with Crippen LogP contribution in [0, 0.1) is 13.8 Å². The van der Waals surface area contributed by atoms with Crippen LogP contribution in [0.1, 0.15) is 36.1 Å². The predicted octanol–water partition coefficient (Wildman–Crippen LogP) is 3.96. The third-order valence-corrected chi connectivity index (χ3v) is 6.64. The molecule has 1 aliphatic rings. The van der Waals surface area contributed by atoms with Crippen LogP contribution >= 0.6 is 22.9 Å². The molecule has 3 aromatic rings. The molecule has 0 aliphatic carbocycles. The zero-order chi connectivity index (χ0) is 26.8. The summed E-state index contributed by atoms with van der Waals surface area (Å²) in [5.74, 6) is -2.38. The number of benzene rings is 1. The van der Waals surface area contributed by atoms with Crippen LogP contribution in [0.4, 0.5) is 5.88 Å². The van der Waals surface area contributed by atoms with E-state index in [2.05, 4.69) is 5.16 Å². The summed E-state index contributed by atoms with van der Waals surface area (Å²) in [6.07, 6.45) is -3.08. The molecular formula is C18H15ClN2O6S2. The second-order valence-corrected chi connectivity index (χ2v) is 8.66. The van der Waals surface area contributed by atoms with Crippen LogP contribution in [0.5, 0.6) is 11.5 Å². The van der Waals surface area contributed by atoms with Crippen molar-refractivity contribution in [1.29, 1.82) is 0 Å². The monoisotopic (exact) mass is 461 g/mol. The van der Waals surface area contributed by atoms with Crippen LogP contribution in [0.3, 0.4) is 0 Å². The van der Waals surface area contributed by atoms with Gasteiger partial charge in [0, 0.05) is 13.2 Å². The average Bonchev–Trinajstić information content (AvgIpc) is 3.44. The molecule has 29 heavy (non-hydrogen) atoms. The third-order valence-electron chi connectivity index (χ3n) is 3.78. The van der Waals surface area contributed by atoms with Crippen molar-refractivity contribution in [3.05, 3.63) is 50.3 Å². The Morgan fingerprint density at radius 1 is 1.45 bits per heavy atom. The van der Waals surface area contributed by atoms with Gasteiger partial charge in [0.25, 0.3) is 15.9 Å². The predicted molar refractivity (Wildman–Crippen MR) is 107 cm³/mol. The van der Waals surface area contributed by atoms with E-state index in [4.69, 9.17) is 35.2 Å². The van der Waals surface area contributed by atoms with Crippen molar-refractivity contribution in [2.75, 3.05) is 11.5 Å². The smallest absolute Gasteiger partial charge is 0.265 e. The molecule has 8 nitrogen and oxygen atoms in total. The van der Waals surface area contributed by atoms with E-state index in [0.29, 0.717) is 11.3 Å². The van der Waals surface area contributed by atoms with Crippen molar-refractivity contribution in [3.8, 4) is 11.5 Å². The Hall–Kier alpha value is -2.56. The van der Waals surface area contributed by atoms with Gasteiger partial charge < -0.3 is 14.0 Å². The van der Waals surface area contributed by atoms with Gasteiger partial charge in [-0.2, -0.15) is 0 Å². The number of ketones is 1. The quantitative estimate of drug-likeness (QED) is 0.553. The number of fused-ring (bicyclic) bond motifs is 1. The Bertz CT molecular complexity index is 1480. The van der Waals surface area contributed by atoms with Crippen LogP contribution in [-0.4, -0.2) is 26.1 Å². The molecule has 0 bridgehead atoms. The number of anilines is 1. The highest BCUT2D eigenvalue weighted by atomic mass is 35.5. The van der Waals surface area contributed by atoms with Crippen LogP contribution in [0.15, 0.2) is 33.0 Å². The molecule has 0 amide bonds. The standard InChI is InChI=1S/C18H15ClN2O6S2/c1-9-5-13-14(26-8-25-13)7-11(9)6-12(22)17-15(3-4-28-17)29(23,24)21-18-16(19)10(2)20-27-18/h3-5,7,21H,6,8H2,1-2H3/i1D3,6D2,8D2. The van der Waals surface area contributed by atoms with E-state index in [1.165, 1.54) is 12.3 Å². The molecule has 0 atom stereocenters. The van der Waals surface area contributed by atoms with Gasteiger partial charge in [-0.3, -0.25) is 4.79 Å². The normalized spacial score (nSPS) is 19.2. The van der Waals surface area contributed by atoms with Gasteiger partial charge in [0.15, 0.2) is 17.3 Å². The molecular weight excluding hydrogens is 440 g/mol. The van der Waals surface area contributed by atoms with Gasteiger partial charge in [0.1, 0.15) is 18.4 Å². The van der Waals surface area contributed by atoms with Gasteiger partial charge in [-0.1, -0.05) is 16.8 Å². The zero-order valence-electron chi connectivity index (χ0n) is 21.4. The lowest BCUT2D eigenvalue weighted by Crippen LogP contribution is -2.16. The first-order valence-electron chi connectivity index (χ1n) is 11.3. The molecule has 0 unspecified atom stereocenters. The lowest BCUT2D eigenvalue weighted by Gasteiger charge is -2.09. The summed E-state index contributed by atoms with van der Waals surface area (Å²) in [5.41, 5.74) is -1.09. The number of carbonyl (C=O) groups is 1. The molecule has 0 radical (unpaired) electrons. The molecule has 0 fully saturated rings. The van der Waals surface area contributed by atoms with Gasteiger partial charge in [-0.25, -0.2) is 13.1 Å². The topological polar surface area (TPSA) is 108 Å². The fourth-order valence-corrected chi connectivity index (χ4v) is 4.88. The minimum Gasteiger partial charge on any atom is -0.454 e. The Morgan fingerprint density at radius 3 is 2.90 bits per heavy atom. The van der Waals surface area contributed by atoms with Crippen LogP contribution in [0.2, 0.25) is 5.02 Å². The largest absolute Gasteiger partial charge is 0.454 e. The lowest BCUT2D eigenvalue weighted by molar-refractivity contribution is 0.0994. The second-order valence-electron chi connectivity index (χ2n) is 5.72. The molecule has 0 saturated carbocycles. The number of hydrogen-bond donors (Lipinski definition) is 1. The number of aromatic nitrogens is 1. The summed E-state index contributed by atoms with van der Waals surface area (Å²) in [7, 11) is -4.51.